The standard InChI is InChI=1S/C11H9Br2N3O/c12-6-3-10(17)16(5-6)7-1-2-8-9(4-7)14-15-11(8)13/h1-2,4,6H,3,5H2,(H,14,15). The Morgan fingerprint density at radius 1 is 1.47 bits per heavy atom. The lowest BCUT2D eigenvalue weighted by molar-refractivity contribution is -0.117. The van der Waals surface area contributed by atoms with Crippen LogP contribution in [0, 0.1) is 0 Å². The molecular weight excluding hydrogens is 350 g/mol. The summed E-state index contributed by atoms with van der Waals surface area (Å²) in [7, 11) is 0. The van der Waals surface area contributed by atoms with Gasteiger partial charge in [-0.2, -0.15) is 5.10 Å². The van der Waals surface area contributed by atoms with Gasteiger partial charge in [0.25, 0.3) is 0 Å². The van der Waals surface area contributed by atoms with Gasteiger partial charge >= 0.3 is 0 Å². The lowest BCUT2D eigenvalue weighted by atomic mass is 10.2. The van der Waals surface area contributed by atoms with Crippen LogP contribution >= 0.6 is 31.9 Å². The molecule has 1 unspecified atom stereocenters. The maximum absolute atomic E-state index is 11.8. The smallest absolute Gasteiger partial charge is 0.228 e. The summed E-state index contributed by atoms with van der Waals surface area (Å²) in [5.74, 6) is 0.154. The Balaban J connectivity index is 2.03. The second-order valence-corrected chi connectivity index (χ2v) is 6.13. The summed E-state index contributed by atoms with van der Waals surface area (Å²) in [6.45, 7) is 0.718. The number of carbonyl (C=O) groups excluding carboxylic acids is 1. The topological polar surface area (TPSA) is 49.0 Å². The van der Waals surface area contributed by atoms with Crippen LogP contribution in [0.3, 0.4) is 0 Å². The fourth-order valence-corrected chi connectivity index (χ4v) is 3.04. The third-order valence-electron chi connectivity index (χ3n) is 2.88. The predicted octanol–water partition coefficient (Wildman–Crippen LogP) is 2.83. The van der Waals surface area contributed by atoms with Gasteiger partial charge < -0.3 is 4.90 Å². The molecule has 0 spiro atoms. The lowest BCUT2D eigenvalue weighted by Gasteiger charge is -2.15. The second kappa shape index (κ2) is 4.10. The number of H-pyrrole nitrogens is 1. The highest BCUT2D eigenvalue weighted by Crippen LogP contribution is 2.29. The van der Waals surface area contributed by atoms with Crippen molar-refractivity contribution >= 4 is 54.4 Å². The highest BCUT2D eigenvalue weighted by atomic mass is 79.9. The number of alkyl halides is 1. The summed E-state index contributed by atoms with van der Waals surface area (Å²) in [4.78, 5) is 13.8. The molecule has 1 amide bonds. The number of hydrogen-bond acceptors (Lipinski definition) is 2. The van der Waals surface area contributed by atoms with Crippen LogP contribution in [0.4, 0.5) is 5.69 Å². The number of anilines is 1. The quantitative estimate of drug-likeness (QED) is 0.797. The van der Waals surface area contributed by atoms with Crippen LogP contribution in [0.25, 0.3) is 10.9 Å². The number of amides is 1. The molecular formula is C11H9Br2N3O. The minimum absolute atomic E-state index is 0.154. The van der Waals surface area contributed by atoms with Crippen molar-refractivity contribution in [3.8, 4) is 0 Å². The van der Waals surface area contributed by atoms with E-state index in [-0.39, 0.29) is 10.7 Å². The first-order valence-electron chi connectivity index (χ1n) is 5.23. The van der Waals surface area contributed by atoms with E-state index >= 15 is 0 Å². The van der Waals surface area contributed by atoms with Crippen LogP contribution < -0.4 is 4.90 Å². The molecule has 1 aromatic heterocycles. The Morgan fingerprint density at radius 3 is 3.00 bits per heavy atom. The Hall–Kier alpha value is -0.880. The summed E-state index contributed by atoms with van der Waals surface area (Å²) in [5, 5.41) is 8.07. The molecule has 0 saturated carbocycles. The SMILES string of the molecule is O=C1CC(Br)CN1c1ccc2c(Br)[nH]nc2c1. The molecule has 6 heteroatoms. The normalized spacial score (nSPS) is 20.5. The Labute approximate surface area is 115 Å². The van der Waals surface area contributed by atoms with E-state index in [1.165, 1.54) is 0 Å². The summed E-state index contributed by atoms with van der Waals surface area (Å²) < 4.78 is 0.866. The van der Waals surface area contributed by atoms with E-state index in [1.807, 2.05) is 18.2 Å². The minimum Gasteiger partial charge on any atom is -0.311 e. The van der Waals surface area contributed by atoms with Gasteiger partial charge in [-0.15, -0.1) is 0 Å². The molecule has 0 aliphatic carbocycles. The first-order chi connectivity index (χ1) is 8.15. The number of aromatic amines is 1. The van der Waals surface area contributed by atoms with Crippen molar-refractivity contribution in [1.29, 1.82) is 0 Å². The molecule has 1 aromatic carbocycles. The Morgan fingerprint density at radius 2 is 2.29 bits per heavy atom. The fraction of sp³-hybridized carbons (Fsp3) is 0.273. The monoisotopic (exact) mass is 357 g/mol. The fourth-order valence-electron chi connectivity index (χ4n) is 2.05. The van der Waals surface area contributed by atoms with E-state index in [0.717, 1.165) is 27.7 Å². The van der Waals surface area contributed by atoms with Crippen molar-refractivity contribution in [2.24, 2.45) is 0 Å². The molecule has 1 N–H and O–H groups in total. The van der Waals surface area contributed by atoms with E-state index in [9.17, 15) is 4.79 Å². The average molecular weight is 359 g/mol. The number of benzene rings is 1. The van der Waals surface area contributed by atoms with Crippen molar-refractivity contribution in [1.82, 2.24) is 10.2 Å². The first kappa shape index (κ1) is 11.2. The number of hydrogen-bond donors (Lipinski definition) is 1. The molecule has 17 heavy (non-hydrogen) atoms. The molecule has 88 valence electrons. The van der Waals surface area contributed by atoms with Crippen molar-refractivity contribution < 1.29 is 4.79 Å². The summed E-state index contributed by atoms with van der Waals surface area (Å²) in [6.07, 6.45) is 0.558. The zero-order valence-corrected chi connectivity index (χ0v) is 12.0. The van der Waals surface area contributed by atoms with E-state index in [2.05, 4.69) is 42.1 Å². The molecule has 1 aliphatic heterocycles. The van der Waals surface area contributed by atoms with Crippen molar-refractivity contribution in [3.63, 3.8) is 0 Å². The third kappa shape index (κ3) is 1.89. The van der Waals surface area contributed by atoms with Gasteiger partial charge in [-0.05, 0) is 34.1 Å². The number of nitrogens with zero attached hydrogens (tertiary/aromatic N) is 2. The minimum atomic E-state index is 0.154. The van der Waals surface area contributed by atoms with E-state index in [0.29, 0.717) is 6.42 Å². The Bertz CT molecular complexity index is 595. The number of rotatable bonds is 1. The zero-order valence-electron chi connectivity index (χ0n) is 8.78. The molecule has 3 rings (SSSR count). The van der Waals surface area contributed by atoms with Gasteiger partial charge in [-0.25, -0.2) is 0 Å². The summed E-state index contributed by atoms with van der Waals surface area (Å²) in [5.41, 5.74) is 1.77. The van der Waals surface area contributed by atoms with Crippen LogP contribution in [0.5, 0.6) is 0 Å². The van der Waals surface area contributed by atoms with E-state index in [4.69, 9.17) is 0 Å². The second-order valence-electron chi connectivity index (χ2n) is 4.04. The largest absolute Gasteiger partial charge is 0.311 e. The van der Waals surface area contributed by atoms with Crippen LogP contribution in [-0.4, -0.2) is 27.5 Å². The Kier molecular flexibility index (Phi) is 2.71. The van der Waals surface area contributed by atoms with Gasteiger partial charge in [0.2, 0.25) is 5.91 Å². The van der Waals surface area contributed by atoms with Crippen LogP contribution in [0.2, 0.25) is 0 Å². The number of halogens is 2. The highest BCUT2D eigenvalue weighted by Gasteiger charge is 2.28. The van der Waals surface area contributed by atoms with E-state index < -0.39 is 0 Å². The van der Waals surface area contributed by atoms with Crippen LogP contribution in [0.15, 0.2) is 22.8 Å². The highest BCUT2D eigenvalue weighted by molar-refractivity contribution is 9.10. The molecule has 4 nitrogen and oxygen atoms in total. The molecule has 2 aromatic rings. The third-order valence-corrected chi connectivity index (χ3v) is 4.10. The number of nitrogens with one attached hydrogen (secondary N) is 1. The number of carbonyl (C=O) groups is 1. The average Bonchev–Trinajstić information content (AvgIpc) is 2.82. The summed E-state index contributed by atoms with van der Waals surface area (Å²) >= 11 is 6.87. The van der Waals surface area contributed by atoms with Gasteiger partial charge in [0.05, 0.1) is 5.52 Å². The van der Waals surface area contributed by atoms with Gasteiger partial charge in [-0.1, -0.05) is 15.9 Å². The number of aromatic nitrogens is 2. The van der Waals surface area contributed by atoms with Crippen LogP contribution in [-0.2, 0) is 4.79 Å². The number of fused-ring (bicyclic) bond motifs is 1. The van der Waals surface area contributed by atoms with Crippen molar-refractivity contribution in [2.75, 3.05) is 11.4 Å². The van der Waals surface area contributed by atoms with Gasteiger partial charge in [-0.3, -0.25) is 9.89 Å². The first-order valence-corrected chi connectivity index (χ1v) is 6.94. The van der Waals surface area contributed by atoms with Crippen LogP contribution in [0.1, 0.15) is 6.42 Å². The maximum atomic E-state index is 11.8. The van der Waals surface area contributed by atoms with Gasteiger partial charge in [0.1, 0.15) is 4.60 Å². The predicted molar refractivity (Wildman–Crippen MR) is 73.5 cm³/mol. The van der Waals surface area contributed by atoms with Crippen molar-refractivity contribution in [2.45, 2.75) is 11.2 Å². The maximum Gasteiger partial charge on any atom is 0.228 e. The van der Waals surface area contributed by atoms with Gasteiger partial charge in [0, 0.05) is 28.9 Å². The molecule has 1 saturated heterocycles. The molecule has 2 heterocycles. The van der Waals surface area contributed by atoms with Crippen molar-refractivity contribution in [3.05, 3.63) is 22.8 Å². The molecule has 0 radical (unpaired) electrons. The molecule has 1 aliphatic rings. The zero-order chi connectivity index (χ0) is 12.0. The molecule has 0 bridgehead atoms. The lowest BCUT2D eigenvalue weighted by Crippen LogP contribution is -2.24. The van der Waals surface area contributed by atoms with Gasteiger partial charge in [0.15, 0.2) is 0 Å². The summed E-state index contributed by atoms with van der Waals surface area (Å²) in [6, 6.07) is 5.85. The molecule has 1 fully saturated rings. The molecule has 1 atom stereocenters. The van der Waals surface area contributed by atoms with E-state index in [1.54, 1.807) is 4.90 Å².